The molecule has 1 aliphatic rings. The van der Waals surface area contributed by atoms with Gasteiger partial charge in [0.05, 0.1) is 6.61 Å². The summed E-state index contributed by atoms with van der Waals surface area (Å²) in [6, 6.07) is 17.7. The standard InChI is InChI=1S/C18H21NO/c1-2-20-18-9-8-15-11-17(19-13-16(15)12-18)10-14-6-4-3-5-7-14/h3-9,12,17,19H,2,10-11,13H2,1H3. The Balaban J connectivity index is 1.69. The Hall–Kier alpha value is -1.80. The summed E-state index contributed by atoms with van der Waals surface area (Å²) >= 11 is 0. The van der Waals surface area contributed by atoms with Crippen molar-refractivity contribution in [2.75, 3.05) is 6.61 Å². The van der Waals surface area contributed by atoms with Crippen LogP contribution in [-0.2, 0) is 19.4 Å². The minimum atomic E-state index is 0.530. The molecule has 20 heavy (non-hydrogen) atoms. The van der Waals surface area contributed by atoms with E-state index in [0.717, 1.165) is 31.7 Å². The SMILES string of the molecule is CCOc1ccc2c(c1)CNC(Cc1ccccc1)C2. The molecule has 0 bridgehead atoms. The third-order valence-electron chi connectivity index (χ3n) is 3.86. The van der Waals surface area contributed by atoms with E-state index in [1.54, 1.807) is 0 Å². The first kappa shape index (κ1) is 13.2. The third-order valence-corrected chi connectivity index (χ3v) is 3.86. The summed E-state index contributed by atoms with van der Waals surface area (Å²) in [4.78, 5) is 0. The fourth-order valence-corrected chi connectivity index (χ4v) is 2.86. The molecule has 2 aromatic carbocycles. The molecule has 0 amide bonds. The molecule has 2 aromatic rings. The van der Waals surface area contributed by atoms with Crippen LogP contribution in [0.5, 0.6) is 5.75 Å². The van der Waals surface area contributed by atoms with Crippen molar-refractivity contribution in [1.82, 2.24) is 5.32 Å². The van der Waals surface area contributed by atoms with E-state index in [2.05, 4.69) is 53.8 Å². The lowest BCUT2D eigenvalue weighted by atomic mass is 9.92. The lowest BCUT2D eigenvalue weighted by molar-refractivity contribution is 0.339. The summed E-state index contributed by atoms with van der Waals surface area (Å²) in [5.74, 6) is 0.981. The Morgan fingerprint density at radius 3 is 2.75 bits per heavy atom. The quantitative estimate of drug-likeness (QED) is 0.917. The van der Waals surface area contributed by atoms with Crippen molar-refractivity contribution in [2.45, 2.75) is 32.4 Å². The number of hydrogen-bond donors (Lipinski definition) is 1. The van der Waals surface area contributed by atoms with Gasteiger partial charge < -0.3 is 10.1 Å². The number of ether oxygens (including phenoxy) is 1. The van der Waals surface area contributed by atoms with Gasteiger partial charge in [0.1, 0.15) is 5.75 Å². The van der Waals surface area contributed by atoms with E-state index in [9.17, 15) is 0 Å². The summed E-state index contributed by atoms with van der Waals surface area (Å²) in [7, 11) is 0. The van der Waals surface area contributed by atoms with Crippen LogP contribution in [0.15, 0.2) is 48.5 Å². The van der Waals surface area contributed by atoms with Crippen molar-refractivity contribution in [2.24, 2.45) is 0 Å². The van der Waals surface area contributed by atoms with Crippen molar-refractivity contribution < 1.29 is 4.74 Å². The predicted molar refractivity (Wildman–Crippen MR) is 82.1 cm³/mol. The van der Waals surface area contributed by atoms with Gasteiger partial charge in [-0.3, -0.25) is 0 Å². The van der Waals surface area contributed by atoms with Crippen LogP contribution < -0.4 is 10.1 Å². The maximum absolute atomic E-state index is 5.57. The second kappa shape index (κ2) is 6.10. The summed E-state index contributed by atoms with van der Waals surface area (Å²) in [5.41, 5.74) is 4.23. The molecule has 0 radical (unpaired) electrons. The molecule has 1 N–H and O–H groups in total. The summed E-state index contributed by atoms with van der Waals surface area (Å²) in [6.07, 6.45) is 2.18. The second-order valence-electron chi connectivity index (χ2n) is 5.34. The van der Waals surface area contributed by atoms with Crippen LogP contribution in [0.1, 0.15) is 23.6 Å². The number of benzene rings is 2. The van der Waals surface area contributed by atoms with Gasteiger partial charge >= 0.3 is 0 Å². The zero-order valence-corrected chi connectivity index (χ0v) is 11.9. The van der Waals surface area contributed by atoms with E-state index < -0.39 is 0 Å². The number of rotatable bonds is 4. The third kappa shape index (κ3) is 3.02. The van der Waals surface area contributed by atoms with Gasteiger partial charge in [-0.05, 0) is 48.6 Å². The van der Waals surface area contributed by atoms with E-state index in [0.29, 0.717) is 6.04 Å². The zero-order valence-electron chi connectivity index (χ0n) is 11.9. The molecule has 3 rings (SSSR count). The van der Waals surface area contributed by atoms with Gasteiger partial charge in [0.2, 0.25) is 0 Å². The van der Waals surface area contributed by atoms with E-state index in [-0.39, 0.29) is 0 Å². The lowest BCUT2D eigenvalue weighted by Crippen LogP contribution is -2.37. The van der Waals surface area contributed by atoms with Gasteiger partial charge in [-0.25, -0.2) is 0 Å². The maximum Gasteiger partial charge on any atom is 0.119 e. The summed E-state index contributed by atoms with van der Waals surface area (Å²) < 4.78 is 5.57. The maximum atomic E-state index is 5.57. The van der Waals surface area contributed by atoms with E-state index >= 15 is 0 Å². The number of hydrogen-bond acceptors (Lipinski definition) is 2. The van der Waals surface area contributed by atoms with E-state index in [1.807, 2.05) is 6.92 Å². The van der Waals surface area contributed by atoms with Crippen LogP contribution in [0.3, 0.4) is 0 Å². The molecule has 0 aliphatic carbocycles. The van der Waals surface area contributed by atoms with Gasteiger partial charge in [-0.2, -0.15) is 0 Å². The Kier molecular flexibility index (Phi) is 4.03. The highest BCUT2D eigenvalue weighted by molar-refractivity contribution is 5.38. The molecule has 0 saturated carbocycles. The van der Waals surface area contributed by atoms with Crippen LogP contribution >= 0.6 is 0 Å². The Morgan fingerprint density at radius 1 is 1.10 bits per heavy atom. The highest BCUT2D eigenvalue weighted by atomic mass is 16.5. The molecule has 0 spiro atoms. The average molecular weight is 267 g/mol. The molecule has 1 unspecified atom stereocenters. The number of nitrogens with one attached hydrogen (secondary N) is 1. The van der Waals surface area contributed by atoms with Crippen LogP contribution in [0.2, 0.25) is 0 Å². The largest absolute Gasteiger partial charge is 0.494 e. The molecule has 2 nitrogen and oxygen atoms in total. The van der Waals surface area contributed by atoms with E-state index in [4.69, 9.17) is 4.74 Å². The van der Waals surface area contributed by atoms with Gasteiger partial charge in [0, 0.05) is 12.6 Å². The Morgan fingerprint density at radius 2 is 1.95 bits per heavy atom. The Labute approximate surface area is 120 Å². The first-order valence-corrected chi connectivity index (χ1v) is 7.37. The second-order valence-corrected chi connectivity index (χ2v) is 5.34. The topological polar surface area (TPSA) is 21.3 Å². The van der Waals surface area contributed by atoms with Gasteiger partial charge in [0.25, 0.3) is 0 Å². The molecule has 2 heteroatoms. The fourth-order valence-electron chi connectivity index (χ4n) is 2.86. The van der Waals surface area contributed by atoms with Crippen LogP contribution in [0.4, 0.5) is 0 Å². The smallest absolute Gasteiger partial charge is 0.119 e. The van der Waals surface area contributed by atoms with Crippen molar-refractivity contribution in [3.63, 3.8) is 0 Å². The first-order chi connectivity index (χ1) is 9.85. The van der Waals surface area contributed by atoms with Crippen molar-refractivity contribution in [1.29, 1.82) is 0 Å². The Bertz CT molecular complexity index is 565. The van der Waals surface area contributed by atoms with Gasteiger partial charge in [-0.15, -0.1) is 0 Å². The van der Waals surface area contributed by atoms with Crippen LogP contribution in [-0.4, -0.2) is 12.6 Å². The molecule has 1 heterocycles. The highest BCUT2D eigenvalue weighted by Crippen LogP contribution is 2.23. The fraction of sp³-hybridized carbons (Fsp3) is 0.333. The zero-order chi connectivity index (χ0) is 13.8. The van der Waals surface area contributed by atoms with Crippen molar-refractivity contribution in [3.8, 4) is 5.75 Å². The normalized spacial score (nSPS) is 17.6. The van der Waals surface area contributed by atoms with Crippen molar-refractivity contribution in [3.05, 3.63) is 65.2 Å². The van der Waals surface area contributed by atoms with Gasteiger partial charge in [0.15, 0.2) is 0 Å². The van der Waals surface area contributed by atoms with Crippen LogP contribution in [0, 0.1) is 0 Å². The van der Waals surface area contributed by atoms with Crippen LogP contribution in [0.25, 0.3) is 0 Å². The predicted octanol–water partition coefficient (Wildman–Crippen LogP) is 3.34. The van der Waals surface area contributed by atoms with E-state index in [1.165, 1.54) is 16.7 Å². The lowest BCUT2D eigenvalue weighted by Gasteiger charge is -2.26. The summed E-state index contributed by atoms with van der Waals surface area (Å²) in [6.45, 7) is 3.68. The van der Waals surface area contributed by atoms with Crippen molar-refractivity contribution >= 4 is 0 Å². The number of fused-ring (bicyclic) bond motifs is 1. The molecular weight excluding hydrogens is 246 g/mol. The minimum Gasteiger partial charge on any atom is -0.494 e. The highest BCUT2D eigenvalue weighted by Gasteiger charge is 2.18. The monoisotopic (exact) mass is 267 g/mol. The minimum absolute atomic E-state index is 0.530. The molecular formula is C18H21NO. The average Bonchev–Trinajstić information content (AvgIpc) is 2.49. The molecule has 1 aliphatic heterocycles. The molecule has 0 fully saturated rings. The molecule has 0 aromatic heterocycles. The summed E-state index contributed by atoms with van der Waals surface area (Å²) in [5, 5.41) is 3.64. The first-order valence-electron chi connectivity index (χ1n) is 7.37. The molecule has 0 saturated heterocycles. The van der Waals surface area contributed by atoms with Gasteiger partial charge in [-0.1, -0.05) is 36.4 Å². The molecule has 104 valence electrons. The molecule has 1 atom stereocenters.